The van der Waals surface area contributed by atoms with Gasteiger partial charge in [0.2, 0.25) is 0 Å². The van der Waals surface area contributed by atoms with Crippen molar-refractivity contribution in [3.8, 4) is 5.75 Å². The van der Waals surface area contributed by atoms with E-state index >= 15 is 0 Å². The lowest BCUT2D eigenvalue weighted by molar-refractivity contribution is -0.386. The molecule has 1 aromatic carbocycles. The Hall–Kier alpha value is -1.62. The highest BCUT2D eigenvalue weighted by Crippen LogP contribution is 2.38. The van der Waals surface area contributed by atoms with Crippen molar-refractivity contribution in [1.29, 1.82) is 0 Å². The molecule has 0 heterocycles. The van der Waals surface area contributed by atoms with Crippen LogP contribution in [-0.2, 0) is 0 Å². The predicted octanol–water partition coefficient (Wildman–Crippen LogP) is 2.68. The van der Waals surface area contributed by atoms with E-state index in [0.717, 1.165) is 0 Å². The molecule has 0 saturated heterocycles. The van der Waals surface area contributed by atoms with Crippen LogP contribution < -0.4 is 4.74 Å². The molecule has 0 amide bonds. The summed E-state index contributed by atoms with van der Waals surface area (Å²) in [6.07, 6.45) is -0.919. The number of nitrogens with zero attached hydrogens (tertiary/aromatic N) is 1. The molecular weight excluding hydrogens is 222 g/mol. The SMILES string of the molecule is COc1ccc([N+](=O)[O-])c(C(O)C(C)(C)C)c1. The molecule has 0 aliphatic rings. The predicted molar refractivity (Wildman–Crippen MR) is 64.1 cm³/mol. The van der Waals surface area contributed by atoms with Crippen molar-refractivity contribution in [3.05, 3.63) is 33.9 Å². The summed E-state index contributed by atoms with van der Waals surface area (Å²) in [4.78, 5) is 10.4. The van der Waals surface area contributed by atoms with Crippen LogP contribution in [0.3, 0.4) is 0 Å². The van der Waals surface area contributed by atoms with Gasteiger partial charge in [-0.1, -0.05) is 20.8 Å². The molecule has 5 nitrogen and oxygen atoms in total. The highest BCUT2D eigenvalue weighted by molar-refractivity contribution is 5.47. The van der Waals surface area contributed by atoms with E-state index in [9.17, 15) is 15.2 Å². The van der Waals surface area contributed by atoms with E-state index in [1.807, 2.05) is 20.8 Å². The number of hydrogen-bond donors (Lipinski definition) is 1. The van der Waals surface area contributed by atoms with Crippen LogP contribution in [0.1, 0.15) is 32.4 Å². The lowest BCUT2D eigenvalue weighted by Gasteiger charge is -2.26. The van der Waals surface area contributed by atoms with Gasteiger partial charge in [-0.3, -0.25) is 10.1 Å². The Morgan fingerprint density at radius 2 is 2.00 bits per heavy atom. The number of methoxy groups -OCH3 is 1. The molecule has 5 heteroatoms. The molecule has 1 rings (SSSR count). The van der Waals surface area contributed by atoms with Crippen LogP contribution in [0, 0.1) is 15.5 Å². The number of aliphatic hydroxyl groups is 1. The number of rotatable bonds is 3. The number of nitro groups is 1. The molecule has 0 saturated carbocycles. The summed E-state index contributed by atoms with van der Waals surface area (Å²) in [5.41, 5.74) is -0.285. The summed E-state index contributed by atoms with van der Waals surface area (Å²) >= 11 is 0. The van der Waals surface area contributed by atoms with E-state index in [0.29, 0.717) is 5.75 Å². The Kier molecular flexibility index (Phi) is 3.72. The van der Waals surface area contributed by atoms with Crippen molar-refractivity contribution in [2.24, 2.45) is 5.41 Å². The third-order valence-electron chi connectivity index (χ3n) is 2.55. The van der Waals surface area contributed by atoms with Gasteiger partial charge in [0, 0.05) is 6.07 Å². The lowest BCUT2D eigenvalue weighted by atomic mass is 9.84. The standard InChI is InChI=1S/C12H17NO4/c1-12(2,3)11(14)9-7-8(17-4)5-6-10(9)13(15)16/h5-7,11,14H,1-4H3. The second-order valence-electron chi connectivity index (χ2n) is 4.95. The minimum atomic E-state index is -0.919. The molecule has 1 unspecified atom stereocenters. The Morgan fingerprint density at radius 1 is 1.41 bits per heavy atom. The van der Waals surface area contributed by atoms with Gasteiger partial charge in [-0.15, -0.1) is 0 Å². The Morgan fingerprint density at radius 3 is 2.41 bits per heavy atom. The smallest absolute Gasteiger partial charge is 0.275 e. The maximum absolute atomic E-state index is 10.9. The van der Waals surface area contributed by atoms with Crippen LogP contribution in [0.25, 0.3) is 0 Å². The van der Waals surface area contributed by atoms with E-state index in [2.05, 4.69) is 0 Å². The molecule has 0 aliphatic carbocycles. The van der Waals surface area contributed by atoms with Gasteiger partial charge in [0.05, 0.1) is 23.7 Å². The van der Waals surface area contributed by atoms with Gasteiger partial charge in [-0.05, 0) is 17.5 Å². The maximum Gasteiger partial charge on any atom is 0.275 e. The number of benzene rings is 1. The second-order valence-corrected chi connectivity index (χ2v) is 4.95. The molecule has 0 spiro atoms. The average Bonchev–Trinajstić information content (AvgIpc) is 2.25. The molecule has 0 radical (unpaired) electrons. The summed E-state index contributed by atoms with van der Waals surface area (Å²) in [6.45, 7) is 5.46. The maximum atomic E-state index is 10.9. The fourth-order valence-electron chi connectivity index (χ4n) is 1.51. The van der Waals surface area contributed by atoms with E-state index in [1.165, 1.54) is 25.3 Å². The zero-order chi connectivity index (χ0) is 13.2. The monoisotopic (exact) mass is 239 g/mol. The van der Waals surface area contributed by atoms with E-state index in [4.69, 9.17) is 4.74 Å². The van der Waals surface area contributed by atoms with E-state index < -0.39 is 16.4 Å². The highest BCUT2D eigenvalue weighted by atomic mass is 16.6. The van der Waals surface area contributed by atoms with Gasteiger partial charge in [0.15, 0.2) is 0 Å². The van der Waals surface area contributed by atoms with Gasteiger partial charge >= 0.3 is 0 Å². The van der Waals surface area contributed by atoms with Crippen molar-refractivity contribution >= 4 is 5.69 Å². The fourth-order valence-corrected chi connectivity index (χ4v) is 1.51. The number of ether oxygens (including phenoxy) is 1. The summed E-state index contributed by atoms with van der Waals surface area (Å²) in [7, 11) is 1.48. The van der Waals surface area contributed by atoms with E-state index in [1.54, 1.807) is 0 Å². The first-order valence-corrected chi connectivity index (χ1v) is 5.27. The molecule has 94 valence electrons. The first-order valence-electron chi connectivity index (χ1n) is 5.27. The average molecular weight is 239 g/mol. The molecule has 0 fully saturated rings. The van der Waals surface area contributed by atoms with Gasteiger partial charge in [0.1, 0.15) is 5.75 Å². The van der Waals surface area contributed by atoms with Crippen LogP contribution in [0.2, 0.25) is 0 Å². The van der Waals surface area contributed by atoms with Gasteiger partial charge in [0.25, 0.3) is 5.69 Å². The summed E-state index contributed by atoms with van der Waals surface area (Å²) in [6, 6.07) is 4.37. The number of nitro benzene ring substituents is 1. The second kappa shape index (κ2) is 4.71. The first-order chi connectivity index (χ1) is 7.77. The normalized spacial score (nSPS) is 13.2. The Bertz CT molecular complexity index is 423. The molecule has 17 heavy (non-hydrogen) atoms. The highest BCUT2D eigenvalue weighted by Gasteiger charge is 2.30. The van der Waals surface area contributed by atoms with Gasteiger partial charge in [-0.25, -0.2) is 0 Å². The van der Waals surface area contributed by atoms with Crippen LogP contribution >= 0.6 is 0 Å². The van der Waals surface area contributed by atoms with Crippen LogP contribution in [-0.4, -0.2) is 17.1 Å². The Balaban J connectivity index is 3.32. The Labute approximate surface area is 100 Å². The molecule has 0 aliphatic heterocycles. The van der Waals surface area contributed by atoms with Crippen LogP contribution in [0.4, 0.5) is 5.69 Å². The molecule has 0 bridgehead atoms. The molecule has 1 atom stereocenters. The largest absolute Gasteiger partial charge is 0.497 e. The third kappa shape index (κ3) is 2.94. The lowest BCUT2D eigenvalue weighted by Crippen LogP contribution is -2.19. The summed E-state index contributed by atoms with van der Waals surface area (Å²) in [5.74, 6) is 0.494. The number of aliphatic hydroxyl groups excluding tert-OH is 1. The number of hydrogen-bond acceptors (Lipinski definition) is 4. The minimum Gasteiger partial charge on any atom is -0.497 e. The van der Waals surface area contributed by atoms with Crippen molar-refractivity contribution in [2.75, 3.05) is 7.11 Å². The van der Waals surface area contributed by atoms with Crippen molar-refractivity contribution in [3.63, 3.8) is 0 Å². The summed E-state index contributed by atoms with van der Waals surface area (Å²) in [5, 5.41) is 21.1. The zero-order valence-electron chi connectivity index (χ0n) is 10.4. The molecule has 1 aromatic rings. The third-order valence-corrected chi connectivity index (χ3v) is 2.55. The van der Waals surface area contributed by atoms with Crippen molar-refractivity contribution in [1.82, 2.24) is 0 Å². The van der Waals surface area contributed by atoms with Crippen LogP contribution in [0.15, 0.2) is 18.2 Å². The van der Waals surface area contributed by atoms with E-state index in [-0.39, 0.29) is 11.3 Å². The summed E-state index contributed by atoms with van der Waals surface area (Å²) < 4.78 is 5.02. The van der Waals surface area contributed by atoms with Gasteiger partial charge < -0.3 is 9.84 Å². The zero-order valence-corrected chi connectivity index (χ0v) is 10.4. The topological polar surface area (TPSA) is 72.6 Å². The molecule has 1 N–H and O–H groups in total. The van der Waals surface area contributed by atoms with Crippen molar-refractivity contribution in [2.45, 2.75) is 26.9 Å². The minimum absolute atomic E-state index is 0.0896. The van der Waals surface area contributed by atoms with Gasteiger partial charge in [-0.2, -0.15) is 0 Å². The quantitative estimate of drug-likeness (QED) is 0.650. The molecular formula is C12H17NO4. The van der Waals surface area contributed by atoms with Crippen LogP contribution in [0.5, 0.6) is 5.75 Å². The molecule has 0 aromatic heterocycles. The fraction of sp³-hybridized carbons (Fsp3) is 0.500. The van der Waals surface area contributed by atoms with Crippen molar-refractivity contribution < 1.29 is 14.8 Å². The first kappa shape index (κ1) is 13.4.